The second kappa shape index (κ2) is 5.52. The second-order valence-electron chi connectivity index (χ2n) is 4.52. The minimum Gasteiger partial charge on any atom is -0.486 e. The first-order valence-electron chi connectivity index (χ1n) is 6.26. The summed E-state index contributed by atoms with van der Waals surface area (Å²) >= 11 is 12.4. The highest BCUT2D eigenvalue weighted by Crippen LogP contribution is 2.37. The molecule has 0 aliphatic carbocycles. The molecule has 1 aliphatic heterocycles. The van der Waals surface area contributed by atoms with Gasteiger partial charge in [0.25, 0.3) is 0 Å². The lowest BCUT2D eigenvalue weighted by atomic mass is 9.99. The molecule has 0 spiro atoms. The van der Waals surface area contributed by atoms with E-state index >= 15 is 0 Å². The molecule has 2 aromatic carbocycles. The number of halogens is 2. The smallest absolute Gasteiger partial charge is 0.161 e. The second-order valence-corrected chi connectivity index (χ2v) is 5.33. The zero-order chi connectivity index (χ0) is 14.1. The molecule has 0 radical (unpaired) electrons. The molecule has 1 aliphatic rings. The third-order valence-corrected chi connectivity index (χ3v) is 3.90. The van der Waals surface area contributed by atoms with Crippen molar-refractivity contribution in [2.75, 3.05) is 13.2 Å². The van der Waals surface area contributed by atoms with Crippen LogP contribution in [0.25, 0.3) is 0 Å². The molecule has 3 rings (SSSR count). The molecule has 20 heavy (non-hydrogen) atoms. The summed E-state index contributed by atoms with van der Waals surface area (Å²) in [6, 6.07) is 10.6. The molecular formula is C15H13Cl2NO2. The van der Waals surface area contributed by atoms with Crippen molar-refractivity contribution in [2.45, 2.75) is 6.04 Å². The fraction of sp³-hybridized carbons (Fsp3) is 0.200. The maximum absolute atomic E-state index is 6.29. The van der Waals surface area contributed by atoms with Gasteiger partial charge >= 0.3 is 0 Å². The minimum atomic E-state index is -0.410. The number of benzene rings is 2. The van der Waals surface area contributed by atoms with Crippen LogP contribution in [0.3, 0.4) is 0 Å². The summed E-state index contributed by atoms with van der Waals surface area (Å²) in [7, 11) is 0. The highest BCUT2D eigenvalue weighted by atomic mass is 35.5. The summed E-state index contributed by atoms with van der Waals surface area (Å²) in [5, 5.41) is 1.11. The van der Waals surface area contributed by atoms with Gasteiger partial charge in [-0.1, -0.05) is 35.3 Å². The SMILES string of the molecule is NC(c1ccc2c(c1)OCCO2)c1c(Cl)cccc1Cl. The third kappa shape index (κ3) is 2.44. The average molecular weight is 310 g/mol. The Kier molecular flexibility index (Phi) is 3.74. The first-order chi connectivity index (χ1) is 9.66. The summed E-state index contributed by atoms with van der Waals surface area (Å²) in [5.41, 5.74) is 7.88. The summed E-state index contributed by atoms with van der Waals surface area (Å²) in [6.45, 7) is 1.10. The van der Waals surface area contributed by atoms with Crippen molar-refractivity contribution in [1.82, 2.24) is 0 Å². The quantitative estimate of drug-likeness (QED) is 0.917. The molecule has 0 saturated heterocycles. The molecule has 3 nitrogen and oxygen atoms in total. The predicted octanol–water partition coefficient (Wildman–Crippen LogP) is 3.81. The molecule has 0 saturated carbocycles. The molecule has 104 valence electrons. The fourth-order valence-electron chi connectivity index (χ4n) is 2.23. The van der Waals surface area contributed by atoms with E-state index in [-0.39, 0.29) is 0 Å². The van der Waals surface area contributed by atoms with Crippen LogP contribution in [-0.2, 0) is 0 Å². The number of rotatable bonds is 2. The first-order valence-corrected chi connectivity index (χ1v) is 7.01. The molecule has 1 heterocycles. The molecule has 0 bridgehead atoms. The fourth-order valence-corrected chi connectivity index (χ4v) is 2.86. The first kappa shape index (κ1) is 13.6. The maximum atomic E-state index is 6.29. The van der Waals surface area contributed by atoms with Crippen LogP contribution in [0.5, 0.6) is 11.5 Å². The Balaban J connectivity index is 2.00. The zero-order valence-electron chi connectivity index (χ0n) is 10.6. The van der Waals surface area contributed by atoms with Crippen molar-refractivity contribution in [3.05, 3.63) is 57.6 Å². The number of hydrogen-bond acceptors (Lipinski definition) is 3. The molecule has 0 aromatic heterocycles. The van der Waals surface area contributed by atoms with Crippen molar-refractivity contribution < 1.29 is 9.47 Å². The van der Waals surface area contributed by atoms with E-state index in [2.05, 4.69) is 0 Å². The van der Waals surface area contributed by atoms with E-state index in [4.69, 9.17) is 38.4 Å². The Hall–Kier alpha value is -1.42. The highest BCUT2D eigenvalue weighted by molar-refractivity contribution is 6.36. The van der Waals surface area contributed by atoms with Crippen molar-refractivity contribution in [3.8, 4) is 11.5 Å². The molecule has 0 amide bonds. The average Bonchev–Trinajstić information content (AvgIpc) is 2.46. The Morgan fingerprint density at radius 3 is 2.30 bits per heavy atom. The molecule has 0 fully saturated rings. The van der Waals surface area contributed by atoms with Gasteiger partial charge in [0, 0.05) is 15.6 Å². The van der Waals surface area contributed by atoms with Gasteiger partial charge in [-0.15, -0.1) is 0 Å². The number of hydrogen-bond donors (Lipinski definition) is 1. The van der Waals surface area contributed by atoms with E-state index in [0.717, 1.165) is 11.3 Å². The van der Waals surface area contributed by atoms with Gasteiger partial charge in [0.15, 0.2) is 11.5 Å². The summed E-state index contributed by atoms with van der Waals surface area (Å²) in [5.74, 6) is 1.44. The van der Waals surface area contributed by atoms with Crippen LogP contribution in [0.15, 0.2) is 36.4 Å². The maximum Gasteiger partial charge on any atom is 0.161 e. The van der Waals surface area contributed by atoms with Gasteiger partial charge in [-0.3, -0.25) is 0 Å². The third-order valence-electron chi connectivity index (χ3n) is 3.24. The monoisotopic (exact) mass is 309 g/mol. The van der Waals surface area contributed by atoms with Gasteiger partial charge in [-0.05, 0) is 29.8 Å². The molecular weight excluding hydrogens is 297 g/mol. The number of nitrogens with two attached hydrogens (primary N) is 1. The van der Waals surface area contributed by atoms with E-state index in [1.165, 1.54) is 0 Å². The summed E-state index contributed by atoms with van der Waals surface area (Å²) in [4.78, 5) is 0. The molecule has 1 atom stereocenters. The Morgan fingerprint density at radius 1 is 0.950 bits per heavy atom. The van der Waals surface area contributed by atoms with Gasteiger partial charge in [0.2, 0.25) is 0 Å². The largest absolute Gasteiger partial charge is 0.486 e. The van der Waals surface area contributed by atoms with Crippen LogP contribution in [0.4, 0.5) is 0 Å². The van der Waals surface area contributed by atoms with Crippen molar-refractivity contribution in [1.29, 1.82) is 0 Å². The molecule has 5 heteroatoms. The van der Waals surface area contributed by atoms with Gasteiger partial charge in [-0.2, -0.15) is 0 Å². The van der Waals surface area contributed by atoms with Crippen LogP contribution in [0.2, 0.25) is 10.0 Å². The normalized spacial score (nSPS) is 14.9. The minimum absolute atomic E-state index is 0.410. The Morgan fingerprint density at radius 2 is 1.60 bits per heavy atom. The van der Waals surface area contributed by atoms with E-state index in [9.17, 15) is 0 Å². The molecule has 2 aromatic rings. The van der Waals surface area contributed by atoms with Crippen LogP contribution in [0, 0.1) is 0 Å². The zero-order valence-corrected chi connectivity index (χ0v) is 12.1. The van der Waals surface area contributed by atoms with Gasteiger partial charge in [0.05, 0.1) is 6.04 Å². The molecule has 1 unspecified atom stereocenters. The van der Waals surface area contributed by atoms with Crippen molar-refractivity contribution in [3.63, 3.8) is 0 Å². The summed E-state index contributed by atoms with van der Waals surface area (Å²) < 4.78 is 11.1. The van der Waals surface area contributed by atoms with E-state index in [0.29, 0.717) is 34.6 Å². The standard InChI is InChI=1S/C15H13Cl2NO2/c16-10-2-1-3-11(17)14(10)15(18)9-4-5-12-13(8-9)20-7-6-19-12/h1-5,8,15H,6-7,18H2. The van der Waals surface area contributed by atoms with E-state index in [1.54, 1.807) is 18.2 Å². The van der Waals surface area contributed by atoms with E-state index in [1.807, 2.05) is 18.2 Å². The van der Waals surface area contributed by atoms with Gasteiger partial charge in [0.1, 0.15) is 13.2 Å². The van der Waals surface area contributed by atoms with Crippen LogP contribution < -0.4 is 15.2 Å². The van der Waals surface area contributed by atoms with E-state index < -0.39 is 6.04 Å². The van der Waals surface area contributed by atoms with Gasteiger partial charge < -0.3 is 15.2 Å². The predicted molar refractivity (Wildman–Crippen MR) is 79.9 cm³/mol. The Bertz CT molecular complexity index is 626. The van der Waals surface area contributed by atoms with Crippen LogP contribution in [0.1, 0.15) is 17.2 Å². The van der Waals surface area contributed by atoms with Crippen LogP contribution >= 0.6 is 23.2 Å². The lowest BCUT2D eigenvalue weighted by molar-refractivity contribution is 0.171. The number of fused-ring (bicyclic) bond motifs is 1. The van der Waals surface area contributed by atoms with Crippen molar-refractivity contribution >= 4 is 23.2 Å². The molecule has 2 N–H and O–H groups in total. The number of ether oxygens (including phenoxy) is 2. The van der Waals surface area contributed by atoms with Crippen molar-refractivity contribution in [2.24, 2.45) is 5.73 Å². The highest BCUT2D eigenvalue weighted by Gasteiger charge is 2.19. The lowest BCUT2D eigenvalue weighted by Gasteiger charge is -2.21. The topological polar surface area (TPSA) is 44.5 Å². The van der Waals surface area contributed by atoms with Crippen LogP contribution in [-0.4, -0.2) is 13.2 Å². The van der Waals surface area contributed by atoms with Gasteiger partial charge in [-0.25, -0.2) is 0 Å². The lowest BCUT2D eigenvalue weighted by Crippen LogP contribution is -2.17. The Labute approximate surface area is 127 Å². The summed E-state index contributed by atoms with van der Waals surface area (Å²) in [6.07, 6.45) is 0.